The van der Waals surface area contributed by atoms with Crippen LogP contribution in [0, 0.1) is 22.7 Å². The van der Waals surface area contributed by atoms with E-state index in [1.807, 2.05) is 6.92 Å². The maximum Gasteiger partial charge on any atom is 0.187 e. The van der Waals surface area contributed by atoms with Gasteiger partial charge in [0.1, 0.15) is 73.2 Å². The monoisotopic (exact) mass is 876 g/mol. The molecule has 6 rings (SSSR count). The zero-order valence-corrected chi connectivity index (χ0v) is 36.5. The molecule has 10 N–H and O–H groups in total. The van der Waals surface area contributed by atoms with Crippen molar-refractivity contribution in [1.82, 2.24) is 0 Å². The topological polar surface area (TPSA) is 276 Å². The zero-order valence-electron chi connectivity index (χ0n) is 36.5. The molecule has 4 saturated heterocycles. The Morgan fingerprint density at radius 1 is 0.705 bits per heavy atom. The van der Waals surface area contributed by atoms with Crippen LogP contribution < -0.4 is 0 Å². The van der Waals surface area contributed by atoms with Gasteiger partial charge >= 0.3 is 0 Å². The largest absolute Gasteiger partial charge is 0.388 e. The van der Waals surface area contributed by atoms with Crippen molar-refractivity contribution in [3.05, 3.63) is 24.3 Å². The summed E-state index contributed by atoms with van der Waals surface area (Å²) in [6.07, 6.45) is -19.4. The number of allylic oxidation sites excluding steroid dienone is 1. The van der Waals surface area contributed by atoms with Crippen molar-refractivity contribution >= 4 is 0 Å². The highest BCUT2D eigenvalue weighted by molar-refractivity contribution is 5.24. The lowest BCUT2D eigenvalue weighted by molar-refractivity contribution is -0.390. The lowest BCUT2D eigenvalue weighted by atomic mass is 9.45. The van der Waals surface area contributed by atoms with Crippen molar-refractivity contribution in [2.45, 2.75) is 216 Å². The van der Waals surface area contributed by atoms with Gasteiger partial charge in [-0.3, -0.25) is 0 Å². The van der Waals surface area contributed by atoms with Crippen LogP contribution in [-0.4, -0.2) is 186 Å². The number of ether oxygens (including phenoxy) is 8. The second kappa shape index (κ2) is 18.9. The van der Waals surface area contributed by atoms with Gasteiger partial charge in [-0.2, -0.15) is 0 Å². The van der Waals surface area contributed by atoms with Gasteiger partial charge in [-0.15, -0.1) is 6.58 Å². The number of fused-ring (bicyclic) bond motifs is 1. The molecule has 4 heterocycles. The van der Waals surface area contributed by atoms with Crippen LogP contribution in [0.4, 0.5) is 0 Å². The van der Waals surface area contributed by atoms with Gasteiger partial charge < -0.3 is 89.0 Å². The minimum atomic E-state index is -1.73. The van der Waals surface area contributed by atoms with E-state index in [9.17, 15) is 51.1 Å². The molecule has 1 saturated carbocycles. The van der Waals surface area contributed by atoms with Crippen LogP contribution in [0.15, 0.2) is 24.3 Å². The SMILES string of the molecule is C=C[C@](C)(CC[C@]1(C)[C@@H](C)C[C@H](O[C@@H]2O[C@@H](C)[C@H](O[C@@H]3O[C@H](C)[C@H](O)[C@H](O)[C@H]3O)[C@@H](O)[C@H]2O[C@@H]2O[C@H](C)[C@@H](O)[C@H](O)[C@H]2O)[C@]2(C)C(C)=CCC[C@@H]12)O[C@@H]1OC[C@H](O)[C@H](O)[C@H]1O. The van der Waals surface area contributed by atoms with Crippen molar-refractivity contribution in [2.75, 3.05) is 6.61 Å². The molecule has 0 radical (unpaired) electrons. The first-order chi connectivity index (χ1) is 28.5. The Hall–Kier alpha value is -1.24. The van der Waals surface area contributed by atoms with Crippen molar-refractivity contribution in [2.24, 2.45) is 22.7 Å². The molecule has 61 heavy (non-hydrogen) atoms. The second-order valence-electron chi connectivity index (χ2n) is 19.2. The molecular weight excluding hydrogens is 804 g/mol. The molecule has 0 amide bonds. The minimum absolute atomic E-state index is 0.0418. The fourth-order valence-electron chi connectivity index (χ4n) is 10.6. The third-order valence-corrected chi connectivity index (χ3v) is 15.3. The Kier molecular flexibility index (Phi) is 15.3. The zero-order chi connectivity index (χ0) is 45.1. The standard InChI is InChI=1S/C43H72O18/c1-10-41(7,61-37-31(50)28(47)23(44)17-54-37)14-15-42(8)19(3)16-25(43(9)18(2)12-11-13-24(42)43)58-40-36(60-39-33(52)30(49)27(46)21(5)56-39)34(53)35(22(6)57-40)59-38-32(51)29(48)26(45)20(4)55-38/h10,12,19-40,44-53H,1,11,13-17H2,2-9H3/t19-,20+,21+,22-,23-,24-,25-,26-,27+,28-,29-,30-,31+,32+,33+,34+,35-,36+,37-,38-,39-,40-,41+,42+,43+/m0/s1. The van der Waals surface area contributed by atoms with Crippen LogP contribution in [-0.2, 0) is 37.9 Å². The average molecular weight is 877 g/mol. The van der Waals surface area contributed by atoms with Crippen LogP contribution in [0.25, 0.3) is 0 Å². The Labute approximate surface area is 358 Å². The van der Waals surface area contributed by atoms with E-state index in [1.165, 1.54) is 13.8 Å². The van der Waals surface area contributed by atoms with Gasteiger partial charge in [0.05, 0.1) is 36.6 Å². The summed E-state index contributed by atoms with van der Waals surface area (Å²) in [7, 11) is 0. The van der Waals surface area contributed by atoms with Gasteiger partial charge in [-0.05, 0) is 84.0 Å². The third kappa shape index (κ3) is 9.29. The van der Waals surface area contributed by atoms with E-state index in [1.54, 1.807) is 13.0 Å². The molecule has 0 spiro atoms. The predicted molar refractivity (Wildman–Crippen MR) is 213 cm³/mol. The Morgan fingerprint density at radius 3 is 1.82 bits per heavy atom. The van der Waals surface area contributed by atoms with E-state index in [4.69, 9.17) is 37.9 Å². The van der Waals surface area contributed by atoms with Gasteiger partial charge in [0.2, 0.25) is 0 Å². The molecule has 0 bridgehead atoms. The normalized spacial score (nSPS) is 53.0. The average Bonchev–Trinajstić information content (AvgIpc) is 3.22. The Bertz CT molecular complexity index is 1520. The van der Waals surface area contributed by atoms with Crippen molar-refractivity contribution in [3.63, 3.8) is 0 Å². The van der Waals surface area contributed by atoms with Gasteiger partial charge in [0.15, 0.2) is 25.2 Å². The van der Waals surface area contributed by atoms with E-state index < -0.39 is 134 Å². The molecule has 18 nitrogen and oxygen atoms in total. The number of aliphatic hydroxyl groups excluding tert-OH is 10. The lowest BCUT2D eigenvalue weighted by Crippen LogP contribution is -2.66. The molecule has 0 aromatic carbocycles. The third-order valence-electron chi connectivity index (χ3n) is 15.3. The highest BCUT2D eigenvalue weighted by atomic mass is 16.8. The first-order valence-corrected chi connectivity index (χ1v) is 21.8. The summed E-state index contributed by atoms with van der Waals surface area (Å²) in [6.45, 7) is 19.0. The molecule has 25 atom stereocenters. The van der Waals surface area contributed by atoms with Crippen molar-refractivity contribution < 1.29 is 89.0 Å². The fourth-order valence-corrected chi connectivity index (χ4v) is 10.6. The fraction of sp³-hybridized carbons (Fsp3) is 0.907. The summed E-state index contributed by atoms with van der Waals surface area (Å²) in [5.41, 5.74) is -0.726. The first-order valence-electron chi connectivity index (χ1n) is 21.8. The highest BCUT2D eigenvalue weighted by Crippen LogP contribution is 2.63. The molecule has 18 heteroatoms. The molecule has 352 valence electrons. The van der Waals surface area contributed by atoms with E-state index in [-0.39, 0.29) is 23.9 Å². The highest BCUT2D eigenvalue weighted by Gasteiger charge is 2.61. The number of hydrogen-bond acceptors (Lipinski definition) is 18. The molecule has 0 unspecified atom stereocenters. The van der Waals surface area contributed by atoms with E-state index in [0.29, 0.717) is 19.3 Å². The number of hydrogen-bond donors (Lipinski definition) is 10. The summed E-state index contributed by atoms with van der Waals surface area (Å²) in [4.78, 5) is 0. The number of rotatable bonds is 12. The van der Waals surface area contributed by atoms with Crippen LogP contribution in [0.2, 0.25) is 0 Å². The molecule has 4 aliphatic heterocycles. The van der Waals surface area contributed by atoms with Gasteiger partial charge in [0.25, 0.3) is 0 Å². The van der Waals surface area contributed by atoms with Crippen LogP contribution in [0.1, 0.15) is 87.5 Å². The summed E-state index contributed by atoms with van der Waals surface area (Å²) in [5.74, 6) is 0.0949. The van der Waals surface area contributed by atoms with Gasteiger partial charge in [-0.1, -0.05) is 38.5 Å². The van der Waals surface area contributed by atoms with E-state index in [0.717, 1.165) is 18.4 Å². The summed E-state index contributed by atoms with van der Waals surface area (Å²) < 4.78 is 49.2. The maximum atomic E-state index is 12.1. The van der Waals surface area contributed by atoms with Gasteiger partial charge in [-0.25, -0.2) is 0 Å². The molecular formula is C43H72O18. The van der Waals surface area contributed by atoms with Crippen LogP contribution in [0.3, 0.4) is 0 Å². The first kappa shape index (κ1) is 49.2. The van der Waals surface area contributed by atoms with Crippen molar-refractivity contribution in [1.29, 1.82) is 0 Å². The minimum Gasteiger partial charge on any atom is -0.388 e. The summed E-state index contributed by atoms with van der Waals surface area (Å²) in [5, 5.41) is 107. The smallest absolute Gasteiger partial charge is 0.187 e. The van der Waals surface area contributed by atoms with Crippen molar-refractivity contribution in [3.8, 4) is 0 Å². The Balaban J connectivity index is 1.26. The maximum absolute atomic E-state index is 12.1. The van der Waals surface area contributed by atoms with Crippen LogP contribution >= 0.6 is 0 Å². The van der Waals surface area contributed by atoms with E-state index >= 15 is 0 Å². The molecule has 6 aliphatic rings. The quantitative estimate of drug-likeness (QED) is 0.111. The Morgan fingerprint density at radius 2 is 1.25 bits per heavy atom. The van der Waals surface area contributed by atoms with Crippen LogP contribution in [0.5, 0.6) is 0 Å². The van der Waals surface area contributed by atoms with E-state index in [2.05, 4.69) is 40.3 Å². The molecule has 2 aliphatic carbocycles. The second-order valence-corrected chi connectivity index (χ2v) is 19.2. The molecule has 0 aromatic heterocycles. The summed E-state index contributed by atoms with van der Waals surface area (Å²) >= 11 is 0. The summed E-state index contributed by atoms with van der Waals surface area (Å²) in [6, 6.07) is 0. The lowest BCUT2D eigenvalue weighted by Gasteiger charge is -2.62. The predicted octanol–water partition coefficient (Wildman–Crippen LogP) is -0.508. The molecule has 0 aromatic rings. The molecule has 5 fully saturated rings. The number of aliphatic hydroxyl groups is 10. The van der Waals surface area contributed by atoms with Gasteiger partial charge in [0, 0.05) is 5.41 Å².